The quantitative estimate of drug-likeness (QED) is 0.684. The standard InChI is InChI=1S/C18H18BrClN2O4S/c1-26-16-7-6-13(20)12-14(16)18(23)21-8-10-22(11-9-21)27(24,25)17-5-3-2-4-15(17)19/h2-7,12H,8-11H2,1H3. The highest BCUT2D eigenvalue weighted by atomic mass is 79.9. The van der Waals surface area contributed by atoms with Gasteiger partial charge in [0.2, 0.25) is 10.0 Å². The predicted molar refractivity (Wildman–Crippen MR) is 107 cm³/mol. The van der Waals surface area contributed by atoms with Gasteiger partial charge < -0.3 is 9.64 Å². The molecule has 0 N–H and O–H groups in total. The molecule has 1 fully saturated rings. The summed E-state index contributed by atoms with van der Waals surface area (Å²) in [7, 11) is -2.13. The molecule has 1 amide bonds. The Labute approximate surface area is 171 Å². The maximum Gasteiger partial charge on any atom is 0.257 e. The van der Waals surface area contributed by atoms with E-state index in [1.165, 1.54) is 11.4 Å². The van der Waals surface area contributed by atoms with Gasteiger partial charge in [-0.05, 0) is 46.3 Å². The topological polar surface area (TPSA) is 66.9 Å². The van der Waals surface area contributed by atoms with Gasteiger partial charge in [0.05, 0.1) is 17.6 Å². The predicted octanol–water partition coefficient (Wildman–Crippen LogP) is 3.26. The van der Waals surface area contributed by atoms with Crippen LogP contribution in [0.3, 0.4) is 0 Å². The normalized spacial score (nSPS) is 15.6. The second-order valence-corrected chi connectivity index (χ2v) is 9.17. The van der Waals surface area contributed by atoms with Crippen molar-refractivity contribution in [3.8, 4) is 5.75 Å². The molecule has 0 bridgehead atoms. The lowest BCUT2D eigenvalue weighted by molar-refractivity contribution is 0.0694. The van der Waals surface area contributed by atoms with Crippen molar-refractivity contribution in [3.05, 3.63) is 57.5 Å². The number of hydrogen-bond acceptors (Lipinski definition) is 4. The van der Waals surface area contributed by atoms with Gasteiger partial charge in [0, 0.05) is 35.7 Å². The number of halogens is 2. The van der Waals surface area contributed by atoms with Crippen molar-refractivity contribution in [2.75, 3.05) is 33.3 Å². The average Bonchev–Trinajstić information content (AvgIpc) is 2.67. The smallest absolute Gasteiger partial charge is 0.257 e. The van der Waals surface area contributed by atoms with Gasteiger partial charge in [-0.1, -0.05) is 23.7 Å². The highest BCUT2D eigenvalue weighted by Crippen LogP contribution is 2.27. The summed E-state index contributed by atoms with van der Waals surface area (Å²) in [5, 5.41) is 0.439. The zero-order valence-electron chi connectivity index (χ0n) is 14.6. The van der Waals surface area contributed by atoms with E-state index >= 15 is 0 Å². The molecule has 0 spiro atoms. The summed E-state index contributed by atoms with van der Waals surface area (Å²) in [4.78, 5) is 14.7. The maximum absolute atomic E-state index is 12.9. The molecule has 0 aromatic heterocycles. The molecule has 0 atom stereocenters. The van der Waals surface area contributed by atoms with Gasteiger partial charge in [-0.3, -0.25) is 4.79 Å². The Balaban J connectivity index is 1.75. The van der Waals surface area contributed by atoms with Crippen molar-refractivity contribution in [2.24, 2.45) is 0 Å². The number of methoxy groups -OCH3 is 1. The molecule has 6 nitrogen and oxygen atoms in total. The number of piperazine rings is 1. The monoisotopic (exact) mass is 472 g/mol. The number of sulfonamides is 1. The zero-order valence-corrected chi connectivity index (χ0v) is 17.7. The van der Waals surface area contributed by atoms with Crippen molar-refractivity contribution in [1.29, 1.82) is 0 Å². The van der Waals surface area contributed by atoms with E-state index in [4.69, 9.17) is 16.3 Å². The second-order valence-electron chi connectivity index (χ2n) is 5.97. The van der Waals surface area contributed by atoms with Gasteiger partial charge in [0.25, 0.3) is 5.91 Å². The molecular weight excluding hydrogens is 456 g/mol. The summed E-state index contributed by atoms with van der Waals surface area (Å²) in [6.07, 6.45) is 0. The minimum absolute atomic E-state index is 0.221. The van der Waals surface area contributed by atoms with Crippen LogP contribution in [0.15, 0.2) is 51.8 Å². The molecule has 2 aromatic rings. The molecule has 1 saturated heterocycles. The van der Waals surface area contributed by atoms with Crippen LogP contribution in [0.4, 0.5) is 0 Å². The van der Waals surface area contributed by atoms with Gasteiger partial charge in [-0.2, -0.15) is 4.31 Å². The number of amides is 1. The Kier molecular flexibility index (Phi) is 6.10. The van der Waals surface area contributed by atoms with Crippen molar-refractivity contribution in [3.63, 3.8) is 0 Å². The van der Waals surface area contributed by atoms with Crippen LogP contribution in [0.1, 0.15) is 10.4 Å². The summed E-state index contributed by atoms with van der Waals surface area (Å²) in [5.74, 6) is 0.208. The summed E-state index contributed by atoms with van der Waals surface area (Å²) in [5.41, 5.74) is 0.368. The summed E-state index contributed by atoms with van der Waals surface area (Å²) in [6, 6.07) is 11.6. The first-order valence-corrected chi connectivity index (χ1v) is 10.8. The first-order chi connectivity index (χ1) is 12.8. The number of hydrogen-bond donors (Lipinski definition) is 0. The number of nitrogens with zero attached hydrogens (tertiary/aromatic N) is 2. The number of rotatable bonds is 4. The fourth-order valence-corrected chi connectivity index (χ4v) is 5.50. The molecule has 9 heteroatoms. The largest absolute Gasteiger partial charge is 0.496 e. The first kappa shape index (κ1) is 20.1. The van der Waals surface area contributed by atoms with Gasteiger partial charge in [0.15, 0.2) is 0 Å². The van der Waals surface area contributed by atoms with Gasteiger partial charge in [-0.25, -0.2) is 8.42 Å². The Morgan fingerprint density at radius 3 is 2.41 bits per heavy atom. The van der Waals surface area contributed by atoms with Gasteiger partial charge in [0.1, 0.15) is 5.75 Å². The van der Waals surface area contributed by atoms with E-state index in [2.05, 4.69) is 15.9 Å². The molecule has 0 radical (unpaired) electrons. The highest BCUT2D eigenvalue weighted by molar-refractivity contribution is 9.10. The van der Waals surface area contributed by atoms with Crippen LogP contribution in [-0.4, -0.2) is 56.8 Å². The fraction of sp³-hybridized carbons (Fsp3) is 0.278. The molecule has 1 heterocycles. The fourth-order valence-electron chi connectivity index (χ4n) is 2.94. The van der Waals surface area contributed by atoms with E-state index < -0.39 is 10.0 Å². The lowest BCUT2D eigenvalue weighted by atomic mass is 10.1. The average molecular weight is 474 g/mol. The SMILES string of the molecule is COc1ccc(Cl)cc1C(=O)N1CCN(S(=O)(=O)c2ccccc2Br)CC1. The van der Waals surface area contributed by atoms with Crippen LogP contribution in [0.2, 0.25) is 5.02 Å². The third-order valence-corrected chi connectivity index (χ3v) is 7.52. The number of carbonyl (C=O) groups is 1. The van der Waals surface area contributed by atoms with Gasteiger partial charge in [-0.15, -0.1) is 0 Å². The number of carbonyl (C=O) groups excluding carboxylic acids is 1. The van der Waals surface area contributed by atoms with E-state index in [0.29, 0.717) is 20.8 Å². The van der Waals surface area contributed by atoms with Crippen molar-refractivity contribution in [1.82, 2.24) is 9.21 Å². The lowest BCUT2D eigenvalue weighted by Gasteiger charge is -2.34. The van der Waals surface area contributed by atoms with E-state index in [1.807, 2.05) is 0 Å². The number of benzene rings is 2. The van der Waals surface area contributed by atoms with Crippen LogP contribution in [0.25, 0.3) is 0 Å². The molecule has 3 rings (SSSR count). The van der Waals surface area contributed by atoms with Crippen LogP contribution < -0.4 is 4.74 Å². The minimum Gasteiger partial charge on any atom is -0.496 e. The summed E-state index contributed by atoms with van der Waals surface area (Å²) >= 11 is 9.29. The van der Waals surface area contributed by atoms with E-state index in [9.17, 15) is 13.2 Å². The Morgan fingerprint density at radius 2 is 1.78 bits per heavy atom. The lowest BCUT2D eigenvalue weighted by Crippen LogP contribution is -2.50. The maximum atomic E-state index is 12.9. The zero-order chi connectivity index (χ0) is 19.6. The van der Waals surface area contributed by atoms with E-state index in [0.717, 1.165) is 0 Å². The van der Waals surface area contributed by atoms with Crippen molar-refractivity contribution >= 4 is 43.5 Å². The van der Waals surface area contributed by atoms with Crippen molar-refractivity contribution in [2.45, 2.75) is 4.90 Å². The van der Waals surface area contributed by atoms with Gasteiger partial charge >= 0.3 is 0 Å². The molecule has 1 aliphatic heterocycles. The Morgan fingerprint density at radius 1 is 1.11 bits per heavy atom. The first-order valence-electron chi connectivity index (χ1n) is 8.22. The third kappa shape index (κ3) is 4.13. The molecule has 0 unspecified atom stereocenters. The second kappa shape index (κ2) is 8.18. The van der Waals surface area contributed by atoms with Crippen LogP contribution in [0, 0.1) is 0 Å². The van der Waals surface area contributed by atoms with Crippen LogP contribution >= 0.6 is 27.5 Å². The van der Waals surface area contributed by atoms with E-state index in [1.54, 1.807) is 47.4 Å². The molecule has 27 heavy (non-hydrogen) atoms. The summed E-state index contributed by atoms with van der Waals surface area (Å²) in [6.45, 7) is 1.02. The van der Waals surface area contributed by atoms with Crippen LogP contribution in [-0.2, 0) is 10.0 Å². The molecular formula is C18H18BrClN2O4S. The molecule has 0 aliphatic carbocycles. The highest BCUT2D eigenvalue weighted by Gasteiger charge is 2.32. The molecule has 2 aromatic carbocycles. The Hall–Kier alpha value is -1.61. The minimum atomic E-state index is -3.62. The van der Waals surface area contributed by atoms with Crippen LogP contribution in [0.5, 0.6) is 5.75 Å². The summed E-state index contributed by atoms with van der Waals surface area (Å²) < 4.78 is 32.9. The third-order valence-electron chi connectivity index (χ3n) is 4.37. The Bertz CT molecular complexity index is 960. The molecule has 144 valence electrons. The number of ether oxygens (including phenoxy) is 1. The van der Waals surface area contributed by atoms with E-state index in [-0.39, 0.29) is 37.0 Å². The molecule has 1 aliphatic rings. The molecule has 0 saturated carbocycles. The van der Waals surface area contributed by atoms with Crippen molar-refractivity contribution < 1.29 is 17.9 Å².